The first-order chi connectivity index (χ1) is 13.1. The molecule has 0 unspecified atom stereocenters. The first-order valence-corrected chi connectivity index (χ1v) is 9.93. The van der Waals surface area contributed by atoms with Crippen LogP contribution in [-0.2, 0) is 0 Å². The lowest BCUT2D eigenvalue weighted by atomic mass is 10.2. The van der Waals surface area contributed by atoms with E-state index in [4.69, 9.17) is 0 Å². The second-order valence-corrected chi connectivity index (χ2v) is 7.77. The van der Waals surface area contributed by atoms with E-state index in [9.17, 15) is 4.79 Å². The maximum atomic E-state index is 13.0. The molecule has 1 amide bonds. The highest BCUT2D eigenvalue weighted by atomic mass is 32.1. The molecule has 3 aromatic rings. The summed E-state index contributed by atoms with van der Waals surface area (Å²) in [6, 6.07) is 14.2. The molecule has 0 saturated carbocycles. The molecule has 1 saturated heterocycles. The number of carbonyl (C=O) groups excluding carboxylic acids is 1. The van der Waals surface area contributed by atoms with Gasteiger partial charge in [0.1, 0.15) is 15.7 Å². The predicted molar refractivity (Wildman–Crippen MR) is 109 cm³/mol. The van der Waals surface area contributed by atoms with Crippen LogP contribution < -0.4 is 4.90 Å². The summed E-state index contributed by atoms with van der Waals surface area (Å²) in [5.41, 5.74) is 3.09. The number of rotatable bonds is 3. The number of anilines is 1. The monoisotopic (exact) mass is 378 g/mol. The fourth-order valence-corrected chi connectivity index (χ4v) is 4.28. The fourth-order valence-electron chi connectivity index (χ4n) is 3.24. The minimum Gasteiger partial charge on any atom is -0.353 e. The number of pyridine rings is 1. The van der Waals surface area contributed by atoms with Crippen molar-refractivity contribution in [3.8, 4) is 10.6 Å². The Bertz CT molecular complexity index is 929. The van der Waals surface area contributed by atoms with Crippen LogP contribution in [0.4, 0.5) is 5.82 Å². The lowest BCUT2D eigenvalue weighted by Crippen LogP contribution is -2.49. The SMILES string of the molecule is Cc1ccc(-c2nc(C)c(C(=O)N3CCN(c4ccccn4)CC3)s2)cc1. The van der Waals surface area contributed by atoms with Gasteiger partial charge in [-0.25, -0.2) is 9.97 Å². The van der Waals surface area contributed by atoms with E-state index in [-0.39, 0.29) is 5.91 Å². The zero-order chi connectivity index (χ0) is 18.8. The van der Waals surface area contributed by atoms with Crippen LogP contribution in [0.3, 0.4) is 0 Å². The van der Waals surface area contributed by atoms with E-state index in [0.717, 1.165) is 40.0 Å². The van der Waals surface area contributed by atoms with Gasteiger partial charge in [0, 0.05) is 37.9 Å². The molecule has 0 bridgehead atoms. The van der Waals surface area contributed by atoms with Crippen molar-refractivity contribution in [3.63, 3.8) is 0 Å². The van der Waals surface area contributed by atoms with Gasteiger partial charge in [-0.05, 0) is 26.0 Å². The molecular weight excluding hydrogens is 356 g/mol. The molecular formula is C21H22N4OS. The molecule has 0 aliphatic carbocycles. The van der Waals surface area contributed by atoms with Crippen LogP contribution in [0, 0.1) is 13.8 Å². The van der Waals surface area contributed by atoms with Crippen LogP contribution in [0.25, 0.3) is 10.6 Å². The Labute approximate surface area is 163 Å². The number of piperazine rings is 1. The minimum atomic E-state index is 0.0871. The van der Waals surface area contributed by atoms with Gasteiger partial charge in [0.15, 0.2) is 0 Å². The Hall–Kier alpha value is -2.73. The smallest absolute Gasteiger partial charge is 0.265 e. The summed E-state index contributed by atoms with van der Waals surface area (Å²) in [6.45, 7) is 6.98. The van der Waals surface area contributed by atoms with E-state index in [1.165, 1.54) is 16.9 Å². The van der Waals surface area contributed by atoms with Gasteiger partial charge in [-0.3, -0.25) is 4.79 Å². The molecule has 0 radical (unpaired) electrons. The number of aryl methyl sites for hydroxylation is 2. The Kier molecular flexibility index (Phi) is 4.90. The molecule has 1 fully saturated rings. The van der Waals surface area contributed by atoms with E-state index in [1.807, 2.05) is 30.0 Å². The van der Waals surface area contributed by atoms with Gasteiger partial charge in [0.05, 0.1) is 5.69 Å². The molecule has 5 nitrogen and oxygen atoms in total. The van der Waals surface area contributed by atoms with Crippen LogP contribution >= 0.6 is 11.3 Å². The minimum absolute atomic E-state index is 0.0871. The van der Waals surface area contributed by atoms with Gasteiger partial charge in [-0.1, -0.05) is 35.9 Å². The lowest BCUT2D eigenvalue weighted by molar-refractivity contribution is 0.0750. The zero-order valence-electron chi connectivity index (χ0n) is 15.6. The van der Waals surface area contributed by atoms with Gasteiger partial charge in [0.25, 0.3) is 5.91 Å². The molecule has 1 aliphatic heterocycles. The molecule has 27 heavy (non-hydrogen) atoms. The van der Waals surface area contributed by atoms with Crippen molar-refractivity contribution in [2.24, 2.45) is 0 Å². The maximum Gasteiger partial charge on any atom is 0.265 e. The standard InChI is InChI=1S/C21H22N4OS/c1-15-6-8-17(9-7-15)20-23-16(2)19(27-20)21(26)25-13-11-24(12-14-25)18-5-3-4-10-22-18/h3-10H,11-14H2,1-2H3. The summed E-state index contributed by atoms with van der Waals surface area (Å²) in [5, 5.41) is 0.906. The van der Waals surface area contributed by atoms with Crippen molar-refractivity contribution in [1.82, 2.24) is 14.9 Å². The summed E-state index contributed by atoms with van der Waals surface area (Å²) >= 11 is 1.49. The first kappa shape index (κ1) is 17.7. The number of carbonyl (C=O) groups is 1. The largest absolute Gasteiger partial charge is 0.353 e. The molecule has 0 atom stereocenters. The Morgan fingerprint density at radius 2 is 1.74 bits per heavy atom. The molecule has 0 spiro atoms. The van der Waals surface area contributed by atoms with Gasteiger partial charge in [0.2, 0.25) is 0 Å². The van der Waals surface area contributed by atoms with E-state index in [2.05, 4.69) is 46.1 Å². The third-order valence-corrected chi connectivity index (χ3v) is 6.02. The molecule has 1 aliphatic rings. The average molecular weight is 379 g/mol. The maximum absolute atomic E-state index is 13.0. The average Bonchev–Trinajstić information content (AvgIpc) is 3.10. The molecule has 6 heteroatoms. The van der Waals surface area contributed by atoms with Crippen molar-refractivity contribution in [2.45, 2.75) is 13.8 Å². The quantitative estimate of drug-likeness (QED) is 0.696. The van der Waals surface area contributed by atoms with E-state index in [1.54, 1.807) is 6.20 Å². The van der Waals surface area contributed by atoms with Crippen molar-refractivity contribution in [2.75, 3.05) is 31.1 Å². The highest BCUT2D eigenvalue weighted by molar-refractivity contribution is 7.17. The molecule has 138 valence electrons. The summed E-state index contributed by atoms with van der Waals surface area (Å²) in [5.74, 6) is 1.06. The Morgan fingerprint density at radius 1 is 1.00 bits per heavy atom. The van der Waals surface area contributed by atoms with Crippen molar-refractivity contribution in [1.29, 1.82) is 0 Å². The van der Waals surface area contributed by atoms with Gasteiger partial charge in [-0.15, -0.1) is 11.3 Å². The van der Waals surface area contributed by atoms with Crippen molar-refractivity contribution < 1.29 is 4.79 Å². The fraction of sp³-hybridized carbons (Fsp3) is 0.286. The second-order valence-electron chi connectivity index (χ2n) is 6.77. The molecule has 1 aromatic carbocycles. The highest BCUT2D eigenvalue weighted by Crippen LogP contribution is 2.29. The third-order valence-electron chi connectivity index (χ3n) is 4.83. The number of thiazole rings is 1. The second kappa shape index (κ2) is 7.48. The van der Waals surface area contributed by atoms with Crippen LogP contribution in [0.5, 0.6) is 0 Å². The number of amides is 1. The van der Waals surface area contributed by atoms with Crippen LogP contribution in [0.2, 0.25) is 0 Å². The molecule has 0 N–H and O–H groups in total. The van der Waals surface area contributed by atoms with E-state index >= 15 is 0 Å². The molecule has 3 heterocycles. The van der Waals surface area contributed by atoms with Crippen molar-refractivity contribution in [3.05, 3.63) is 64.8 Å². The van der Waals surface area contributed by atoms with Crippen LogP contribution in [-0.4, -0.2) is 47.0 Å². The number of benzene rings is 1. The lowest BCUT2D eigenvalue weighted by Gasteiger charge is -2.35. The molecule has 2 aromatic heterocycles. The third kappa shape index (κ3) is 3.71. The van der Waals surface area contributed by atoms with Gasteiger partial charge in [-0.2, -0.15) is 0 Å². The summed E-state index contributed by atoms with van der Waals surface area (Å²) in [6.07, 6.45) is 1.81. The van der Waals surface area contributed by atoms with Crippen LogP contribution in [0.15, 0.2) is 48.7 Å². The van der Waals surface area contributed by atoms with Crippen LogP contribution in [0.1, 0.15) is 20.9 Å². The van der Waals surface area contributed by atoms with Gasteiger partial charge >= 0.3 is 0 Å². The van der Waals surface area contributed by atoms with Gasteiger partial charge < -0.3 is 9.80 Å². The normalized spacial score (nSPS) is 14.4. The Morgan fingerprint density at radius 3 is 2.41 bits per heavy atom. The summed E-state index contributed by atoms with van der Waals surface area (Å²) < 4.78 is 0. The van der Waals surface area contributed by atoms with Crippen molar-refractivity contribution >= 4 is 23.1 Å². The molecule has 4 rings (SSSR count). The summed E-state index contributed by atoms with van der Waals surface area (Å²) in [4.78, 5) is 27.0. The topological polar surface area (TPSA) is 49.3 Å². The number of nitrogens with zero attached hydrogens (tertiary/aromatic N) is 4. The number of hydrogen-bond donors (Lipinski definition) is 0. The number of aromatic nitrogens is 2. The highest BCUT2D eigenvalue weighted by Gasteiger charge is 2.26. The summed E-state index contributed by atoms with van der Waals surface area (Å²) in [7, 11) is 0. The Balaban J connectivity index is 1.47. The zero-order valence-corrected chi connectivity index (χ0v) is 16.4. The van der Waals surface area contributed by atoms with E-state index in [0.29, 0.717) is 13.1 Å². The van der Waals surface area contributed by atoms with E-state index < -0.39 is 0 Å². The first-order valence-electron chi connectivity index (χ1n) is 9.11. The number of hydrogen-bond acceptors (Lipinski definition) is 5. The predicted octanol–water partition coefficient (Wildman–Crippen LogP) is 3.78.